The maximum Gasteiger partial charge on any atom is 0.341 e. The van der Waals surface area contributed by atoms with Crippen molar-refractivity contribution in [2.45, 2.75) is 26.7 Å². The lowest BCUT2D eigenvalue weighted by atomic mass is 9.83. The van der Waals surface area contributed by atoms with E-state index in [0.29, 0.717) is 12.0 Å². The number of carbonyl (C=O) groups is 2. The third-order valence-corrected chi connectivity index (χ3v) is 3.81. The smallest absolute Gasteiger partial charge is 0.341 e. The van der Waals surface area contributed by atoms with Crippen LogP contribution in [0.5, 0.6) is 5.75 Å². The van der Waals surface area contributed by atoms with Crippen LogP contribution in [0, 0.1) is 6.92 Å². The van der Waals surface area contributed by atoms with Gasteiger partial charge in [-0.05, 0) is 37.8 Å². The molecule has 1 N–H and O–H groups in total. The molecular weight excluding hydrogens is 272 g/mol. The highest BCUT2D eigenvalue weighted by atomic mass is 16.5. The highest BCUT2D eigenvalue weighted by Crippen LogP contribution is 2.41. The number of fused-ring (bicyclic) bond motifs is 1. The van der Waals surface area contributed by atoms with Gasteiger partial charge in [0.25, 0.3) is 0 Å². The van der Waals surface area contributed by atoms with E-state index in [1.165, 1.54) is 14.2 Å². The zero-order valence-corrected chi connectivity index (χ0v) is 12.6. The van der Waals surface area contributed by atoms with Crippen molar-refractivity contribution in [3.63, 3.8) is 0 Å². The molecule has 1 aromatic rings. The molecule has 0 bridgehead atoms. The number of aliphatic carboxylic acids is 1. The maximum absolute atomic E-state index is 12.0. The van der Waals surface area contributed by atoms with Crippen molar-refractivity contribution in [2.75, 3.05) is 14.2 Å². The molecule has 0 saturated heterocycles. The molecule has 0 amide bonds. The van der Waals surface area contributed by atoms with E-state index >= 15 is 0 Å². The maximum atomic E-state index is 12.0. The zero-order chi connectivity index (χ0) is 15.7. The average molecular weight is 290 g/mol. The van der Waals surface area contributed by atoms with Crippen LogP contribution in [0.1, 0.15) is 40.4 Å². The molecule has 0 aliphatic heterocycles. The van der Waals surface area contributed by atoms with Crippen molar-refractivity contribution in [3.05, 3.63) is 33.9 Å². The van der Waals surface area contributed by atoms with Gasteiger partial charge >= 0.3 is 11.9 Å². The van der Waals surface area contributed by atoms with Crippen molar-refractivity contribution in [2.24, 2.45) is 0 Å². The summed E-state index contributed by atoms with van der Waals surface area (Å²) in [6.45, 7) is 3.59. The molecule has 0 saturated carbocycles. The van der Waals surface area contributed by atoms with Crippen molar-refractivity contribution >= 4 is 17.5 Å². The van der Waals surface area contributed by atoms with Gasteiger partial charge in [-0.1, -0.05) is 11.6 Å². The lowest BCUT2D eigenvalue weighted by Gasteiger charge is -2.24. The second-order valence-corrected chi connectivity index (χ2v) is 5.09. The number of allylic oxidation sites excluding steroid dienone is 1. The van der Waals surface area contributed by atoms with Gasteiger partial charge in [-0.2, -0.15) is 0 Å². The molecule has 2 rings (SSSR count). The summed E-state index contributed by atoms with van der Waals surface area (Å²) in [7, 11) is 2.73. The van der Waals surface area contributed by atoms with E-state index in [1.807, 2.05) is 6.07 Å². The van der Waals surface area contributed by atoms with Crippen LogP contribution in [0.25, 0.3) is 5.57 Å². The van der Waals surface area contributed by atoms with Crippen LogP contribution in [0.15, 0.2) is 11.6 Å². The standard InChI is InChI=1S/C16H18O5/c1-8-5-6-10-7-9(2)12(16(19)21-4)14(20-3)13(10)11(8)15(17)18/h7H,5-6H2,1-4H3,(H,17,18). The predicted octanol–water partition coefficient (Wildman–Crippen LogP) is 2.59. The number of aryl methyl sites for hydroxylation is 2. The Bertz CT molecular complexity index is 655. The van der Waals surface area contributed by atoms with E-state index in [-0.39, 0.29) is 16.9 Å². The Kier molecular flexibility index (Phi) is 4.02. The van der Waals surface area contributed by atoms with Crippen LogP contribution < -0.4 is 4.74 Å². The Labute approximate surface area is 123 Å². The molecule has 0 aromatic heterocycles. The molecule has 1 aliphatic carbocycles. The molecule has 0 atom stereocenters. The summed E-state index contributed by atoms with van der Waals surface area (Å²) >= 11 is 0. The first-order valence-electron chi connectivity index (χ1n) is 6.64. The Balaban J connectivity index is 2.84. The van der Waals surface area contributed by atoms with Crippen molar-refractivity contribution in [1.82, 2.24) is 0 Å². The summed E-state index contributed by atoms with van der Waals surface area (Å²) in [5.74, 6) is -1.25. The molecule has 0 fully saturated rings. The van der Waals surface area contributed by atoms with E-state index in [9.17, 15) is 14.7 Å². The number of rotatable bonds is 3. The minimum atomic E-state index is -1.01. The van der Waals surface area contributed by atoms with Crippen LogP contribution in [-0.4, -0.2) is 31.3 Å². The number of esters is 1. The largest absolute Gasteiger partial charge is 0.495 e. The van der Waals surface area contributed by atoms with Gasteiger partial charge in [0, 0.05) is 5.56 Å². The second-order valence-electron chi connectivity index (χ2n) is 5.09. The normalized spacial score (nSPS) is 13.7. The fraction of sp³-hybridized carbons (Fsp3) is 0.375. The monoisotopic (exact) mass is 290 g/mol. The topological polar surface area (TPSA) is 72.8 Å². The second kappa shape index (κ2) is 5.60. The number of methoxy groups -OCH3 is 2. The van der Waals surface area contributed by atoms with Crippen LogP contribution in [0.3, 0.4) is 0 Å². The van der Waals surface area contributed by atoms with Gasteiger partial charge in [0.05, 0.1) is 19.8 Å². The third-order valence-electron chi connectivity index (χ3n) is 3.81. The Morgan fingerprint density at radius 3 is 2.38 bits per heavy atom. The Morgan fingerprint density at radius 2 is 1.86 bits per heavy atom. The fourth-order valence-corrected chi connectivity index (χ4v) is 2.84. The first kappa shape index (κ1) is 15.1. The van der Waals surface area contributed by atoms with E-state index in [1.54, 1.807) is 13.8 Å². The first-order valence-corrected chi connectivity index (χ1v) is 6.64. The van der Waals surface area contributed by atoms with E-state index in [4.69, 9.17) is 9.47 Å². The van der Waals surface area contributed by atoms with Crippen LogP contribution in [0.2, 0.25) is 0 Å². The molecule has 21 heavy (non-hydrogen) atoms. The number of carbonyl (C=O) groups excluding carboxylic acids is 1. The van der Waals surface area contributed by atoms with E-state index in [0.717, 1.165) is 23.1 Å². The Morgan fingerprint density at radius 1 is 1.19 bits per heavy atom. The van der Waals surface area contributed by atoms with Gasteiger partial charge in [-0.3, -0.25) is 0 Å². The number of hydrogen-bond donors (Lipinski definition) is 1. The quantitative estimate of drug-likeness (QED) is 0.866. The molecule has 0 radical (unpaired) electrons. The summed E-state index contributed by atoms with van der Waals surface area (Å²) in [5, 5.41) is 9.50. The van der Waals surface area contributed by atoms with Gasteiger partial charge in [0.15, 0.2) is 0 Å². The lowest BCUT2D eigenvalue weighted by molar-refractivity contribution is -0.130. The van der Waals surface area contributed by atoms with Crippen molar-refractivity contribution < 1.29 is 24.2 Å². The summed E-state index contributed by atoms with van der Waals surface area (Å²) < 4.78 is 10.2. The molecule has 1 aromatic carbocycles. The summed E-state index contributed by atoms with van der Waals surface area (Å²) in [6, 6.07) is 1.85. The van der Waals surface area contributed by atoms with E-state index in [2.05, 4.69) is 0 Å². The molecule has 0 spiro atoms. The lowest BCUT2D eigenvalue weighted by Crippen LogP contribution is -2.16. The summed E-state index contributed by atoms with van der Waals surface area (Å²) in [4.78, 5) is 23.6. The van der Waals surface area contributed by atoms with Gasteiger partial charge in [-0.15, -0.1) is 0 Å². The van der Waals surface area contributed by atoms with E-state index < -0.39 is 11.9 Å². The van der Waals surface area contributed by atoms with Gasteiger partial charge < -0.3 is 14.6 Å². The molecular formula is C16H18O5. The number of carboxylic acids is 1. The molecule has 5 heteroatoms. The zero-order valence-electron chi connectivity index (χ0n) is 12.6. The van der Waals surface area contributed by atoms with Gasteiger partial charge in [0.1, 0.15) is 11.3 Å². The van der Waals surface area contributed by atoms with Gasteiger partial charge in [0.2, 0.25) is 0 Å². The SMILES string of the molecule is COC(=O)c1c(C)cc2c(c1OC)C(C(=O)O)=C(C)CC2. The van der Waals surface area contributed by atoms with Crippen LogP contribution in [-0.2, 0) is 16.0 Å². The van der Waals surface area contributed by atoms with Crippen LogP contribution >= 0.6 is 0 Å². The number of hydrogen-bond acceptors (Lipinski definition) is 4. The summed E-state index contributed by atoms with van der Waals surface area (Å²) in [5.41, 5.74) is 3.40. The first-order chi connectivity index (χ1) is 9.92. The molecule has 0 unspecified atom stereocenters. The number of ether oxygens (including phenoxy) is 2. The molecule has 112 valence electrons. The van der Waals surface area contributed by atoms with Gasteiger partial charge in [-0.25, -0.2) is 9.59 Å². The Hall–Kier alpha value is -2.30. The van der Waals surface area contributed by atoms with Crippen molar-refractivity contribution in [1.29, 1.82) is 0 Å². The minimum absolute atomic E-state index is 0.221. The average Bonchev–Trinajstić information content (AvgIpc) is 2.44. The third kappa shape index (κ3) is 2.39. The highest BCUT2D eigenvalue weighted by Gasteiger charge is 2.30. The molecule has 5 nitrogen and oxygen atoms in total. The highest BCUT2D eigenvalue weighted by molar-refractivity contribution is 6.19. The van der Waals surface area contributed by atoms with Crippen molar-refractivity contribution in [3.8, 4) is 5.75 Å². The minimum Gasteiger partial charge on any atom is -0.495 e. The number of benzene rings is 1. The molecule has 0 heterocycles. The molecule has 1 aliphatic rings. The van der Waals surface area contributed by atoms with Crippen LogP contribution in [0.4, 0.5) is 0 Å². The number of carboxylic acid groups (broad SMARTS) is 1. The fourth-order valence-electron chi connectivity index (χ4n) is 2.84. The summed E-state index contributed by atoms with van der Waals surface area (Å²) in [6.07, 6.45) is 1.42. The predicted molar refractivity (Wildman–Crippen MR) is 77.6 cm³/mol.